The van der Waals surface area contributed by atoms with Crippen molar-refractivity contribution in [2.45, 2.75) is 83.8 Å². The zero-order valence-electron chi connectivity index (χ0n) is 26.7. The molecule has 2 aliphatic rings. The lowest BCUT2D eigenvalue weighted by Gasteiger charge is -2.45. The van der Waals surface area contributed by atoms with Gasteiger partial charge < -0.3 is 49.4 Å². The number of rotatable bonds is 13. The molecule has 0 spiro atoms. The Morgan fingerprint density at radius 2 is 1.67 bits per heavy atom. The summed E-state index contributed by atoms with van der Waals surface area (Å²) in [6.45, 7) is 5.01. The topological polar surface area (TPSA) is 310 Å². The molecule has 2 saturated heterocycles. The minimum absolute atomic E-state index is 0.0363. The number of ether oxygens (including phenoxy) is 5. The van der Waals surface area contributed by atoms with Crippen molar-refractivity contribution < 1.29 is 80.6 Å². The highest BCUT2D eigenvalue weighted by atomic mass is 31.3. The van der Waals surface area contributed by atoms with Gasteiger partial charge in [0.25, 0.3) is 0 Å². The summed E-state index contributed by atoms with van der Waals surface area (Å²) in [5.74, 6) is -3.62. The molecule has 0 aliphatic carbocycles. The molecule has 2 aliphatic heterocycles. The molecule has 2 fully saturated rings. The molecule has 2 aromatic rings. The molecule has 6 N–H and O–H groups in total. The van der Waals surface area contributed by atoms with Gasteiger partial charge in [0, 0.05) is 26.7 Å². The first-order chi connectivity index (χ1) is 22.8. The van der Waals surface area contributed by atoms with Crippen LogP contribution in [0.25, 0.3) is 11.2 Å². The van der Waals surface area contributed by atoms with E-state index in [2.05, 4.69) is 19.3 Å². The molecule has 5 unspecified atom stereocenters. The van der Waals surface area contributed by atoms with Crippen molar-refractivity contribution in [3.8, 4) is 0 Å². The Bertz CT molecular complexity index is 1630. The molecule has 4 rings (SSSR count). The first kappa shape index (κ1) is 38.7. The van der Waals surface area contributed by atoms with Crippen LogP contribution in [0.15, 0.2) is 12.7 Å². The average Bonchev–Trinajstić information content (AvgIpc) is 3.54. The number of fused-ring (bicyclic) bond motifs is 1. The summed E-state index contributed by atoms with van der Waals surface area (Å²) in [5.41, 5.74) is 6.10. The van der Waals surface area contributed by atoms with Gasteiger partial charge in [-0.25, -0.2) is 24.1 Å². The van der Waals surface area contributed by atoms with Crippen LogP contribution in [-0.2, 0) is 60.6 Å². The van der Waals surface area contributed by atoms with E-state index < -0.39 is 108 Å². The van der Waals surface area contributed by atoms with Crippen molar-refractivity contribution >= 4 is 50.5 Å². The van der Waals surface area contributed by atoms with Gasteiger partial charge >= 0.3 is 33.6 Å². The highest BCUT2D eigenvalue weighted by Gasteiger charge is 2.52. The van der Waals surface area contributed by atoms with E-state index in [0.29, 0.717) is 0 Å². The number of nitrogens with two attached hydrogens (primary N) is 1. The number of aliphatic hydroxyl groups is 2. The molecule has 0 saturated carbocycles. The third kappa shape index (κ3) is 9.35. The summed E-state index contributed by atoms with van der Waals surface area (Å²) in [4.78, 5) is 67.8. The lowest BCUT2D eigenvalue weighted by Crippen LogP contribution is -2.56. The van der Waals surface area contributed by atoms with E-state index in [9.17, 15) is 43.5 Å². The third-order valence-corrected chi connectivity index (χ3v) is 10.3. The van der Waals surface area contributed by atoms with E-state index in [0.717, 1.165) is 27.1 Å². The lowest BCUT2D eigenvalue weighted by atomic mass is 9.81. The van der Waals surface area contributed by atoms with Gasteiger partial charge in [0.1, 0.15) is 42.9 Å². The van der Waals surface area contributed by atoms with Crippen LogP contribution in [0.3, 0.4) is 0 Å². The van der Waals surface area contributed by atoms with Crippen molar-refractivity contribution in [2.24, 2.45) is 11.8 Å². The van der Waals surface area contributed by atoms with Gasteiger partial charge in [-0.1, -0.05) is 13.8 Å². The highest BCUT2D eigenvalue weighted by Crippen LogP contribution is 2.62. The normalized spacial score (nSPS) is 31.7. The predicted molar refractivity (Wildman–Crippen MR) is 158 cm³/mol. The van der Waals surface area contributed by atoms with E-state index in [1.165, 1.54) is 10.9 Å². The second kappa shape index (κ2) is 15.4. The number of nitrogens with zero attached hydrogens (tertiary/aromatic N) is 4. The second-order valence-electron chi connectivity index (χ2n) is 11.3. The number of hydrogen-bond acceptors (Lipinski definition) is 19. The Balaban J connectivity index is 1.45. The largest absolute Gasteiger partial charge is 0.483 e. The number of aliphatic hydroxyl groups excluding tert-OH is 2. The zero-order chi connectivity index (χ0) is 36.4. The fourth-order valence-corrected chi connectivity index (χ4v) is 7.45. The van der Waals surface area contributed by atoms with Crippen LogP contribution in [0.5, 0.6) is 0 Å². The number of phosphoric ester groups is 2. The molecule has 0 aromatic carbocycles. The molecule has 0 radical (unpaired) electrons. The summed E-state index contributed by atoms with van der Waals surface area (Å²) in [6.07, 6.45) is -9.53. The molecule has 22 nitrogen and oxygen atoms in total. The van der Waals surface area contributed by atoms with Gasteiger partial charge in [-0.2, -0.15) is 4.31 Å². The summed E-state index contributed by atoms with van der Waals surface area (Å²) in [6, 6.07) is 0. The lowest BCUT2D eigenvalue weighted by molar-refractivity contribution is -0.270. The van der Waals surface area contributed by atoms with Gasteiger partial charge in [0.05, 0.1) is 12.9 Å². The van der Waals surface area contributed by atoms with Crippen LogP contribution < -0.4 is 5.73 Å². The molecular weight excluding hydrogens is 704 g/mol. The number of aromatic nitrogens is 4. The Hall–Kier alpha value is -3.14. The Kier molecular flexibility index (Phi) is 12.1. The Labute approximate surface area is 277 Å². The van der Waals surface area contributed by atoms with Crippen LogP contribution >= 0.6 is 15.6 Å². The second-order valence-corrected chi connectivity index (χ2v) is 14.3. The standard InChI is InChI=1S/C25H37N5O17P2/c1-10-11(2)21(43-14(5)33)25(45-20(10)16(42-13(4)32)6-40-12(3)31)46-49(38,39)47-48(36,37)41-7-15-18(34)19(35)24(44-15)30-9-29-17-22(26)27-8-28-23(17)30/h8-11,15-16,18-21,24-25,34-35H,6-7H2,1-5H3,(H,36,37)(H,38,39)(H2,26,27,28)/t10-,11-,15+,16-,18-,19?,20?,21?,24+,25-/m0/s1. The van der Waals surface area contributed by atoms with Crippen molar-refractivity contribution in [2.75, 3.05) is 18.9 Å². The predicted octanol–water partition coefficient (Wildman–Crippen LogP) is -0.298. The minimum Gasteiger partial charge on any atom is -0.462 e. The van der Waals surface area contributed by atoms with Gasteiger partial charge in [-0.15, -0.1) is 0 Å². The van der Waals surface area contributed by atoms with Crippen LogP contribution in [0, 0.1) is 11.8 Å². The van der Waals surface area contributed by atoms with Crippen LogP contribution in [0.1, 0.15) is 40.8 Å². The maximum atomic E-state index is 13.0. The number of carbonyl (C=O) groups excluding carboxylic acids is 3. The molecule has 4 heterocycles. The molecule has 274 valence electrons. The first-order valence-corrected chi connectivity index (χ1v) is 17.6. The van der Waals surface area contributed by atoms with E-state index in [4.69, 9.17) is 38.5 Å². The van der Waals surface area contributed by atoms with Gasteiger partial charge in [-0.3, -0.25) is 28.0 Å². The Morgan fingerprint density at radius 1 is 0.980 bits per heavy atom. The molecular formula is C25H37N5O17P2. The van der Waals surface area contributed by atoms with E-state index in [1.807, 2.05) is 0 Å². The van der Waals surface area contributed by atoms with Crippen LogP contribution in [-0.4, -0.2) is 114 Å². The Morgan fingerprint density at radius 3 is 2.31 bits per heavy atom. The van der Waals surface area contributed by atoms with E-state index in [1.54, 1.807) is 13.8 Å². The number of phosphoric acid groups is 2. The molecule has 0 bridgehead atoms. The third-order valence-electron chi connectivity index (χ3n) is 7.71. The van der Waals surface area contributed by atoms with Crippen LogP contribution in [0.4, 0.5) is 5.82 Å². The fraction of sp³-hybridized carbons (Fsp3) is 0.680. The van der Waals surface area contributed by atoms with E-state index in [-0.39, 0.29) is 17.0 Å². The highest BCUT2D eigenvalue weighted by molar-refractivity contribution is 7.61. The number of esters is 3. The summed E-state index contributed by atoms with van der Waals surface area (Å²) in [7, 11) is -11.1. The van der Waals surface area contributed by atoms with Crippen molar-refractivity contribution in [3.05, 3.63) is 12.7 Å². The van der Waals surface area contributed by atoms with Crippen LogP contribution in [0.2, 0.25) is 0 Å². The number of anilines is 1. The summed E-state index contributed by atoms with van der Waals surface area (Å²) >= 11 is 0. The molecule has 12 atom stereocenters. The van der Waals surface area contributed by atoms with Crippen molar-refractivity contribution in [3.63, 3.8) is 0 Å². The van der Waals surface area contributed by atoms with Gasteiger partial charge in [0.2, 0.25) is 6.29 Å². The summed E-state index contributed by atoms with van der Waals surface area (Å²) in [5, 5.41) is 21.1. The molecule has 24 heteroatoms. The average molecular weight is 742 g/mol. The molecule has 49 heavy (non-hydrogen) atoms. The van der Waals surface area contributed by atoms with Gasteiger partial charge in [0.15, 0.2) is 29.9 Å². The number of hydrogen-bond donors (Lipinski definition) is 5. The first-order valence-electron chi connectivity index (χ1n) is 14.6. The maximum Gasteiger partial charge on any atom is 0.483 e. The van der Waals surface area contributed by atoms with Crippen molar-refractivity contribution in [1.29, 1.82) is 0 Å². The molecule has 2 aromatic heterocycles. The van der Waals surface area contributed by atoms with Crippen molar-refractivity contribution in [1.82, 2.24) is 19.5 Å². The number of nitrogen functional groups attached to an aromatic ring is 1. The SMILES string of the molecule is CC(=O)OC[C@H](OC(C)=O)C1O[C@@H](OP(=O)(O)OP(=O)(O)OC[C@H]2O[C@@H](n3cnc4c(N)ncnc43)C(O)[C@H]2O)C(OC(C)=O)[C@@H](C)[C@@H]1C. The smallest absolute Gasteiger partial charge is 0.462 e. The van der Waals surface area contributed by atoms with E-state index >= 15 is 0 Å². The zero-order valence-corrected chi connectivity index (χ0v) is 28.5. The maximum absolute atomic E-state index is 13.0. The number of carbonyl (C=O) groups is 3. The minimum atomic E-state index is -5.64. The fourth-order valence-electron chi connectivity index (χ4n) is 5.30. The summed E-state index contributed by atoms with van der Waals surface area (Å²) < 4.78 is 68.2. The quantitative estimate of drug-likeness (QED) is 0.0999. The van der Waals surface area contributed by atoms with Gasteiger partial charge in [-0.05, 0) is 5.92 Å². The monoisotopic (exact) mass is 741 g/mol. The number of imidazole rings is 1. The molecule has 0 amide bonds.